The van der Waals surface area contributed by atoms with Gasteiger partial charge in [-0.25, -0.2) is 0 Å². The molecular weight excluding hydrogens is 402 g/mol. The predicted molar refractivity (Wildman–Crippen MR) is 122 cm³/mol. The lowest BCUT2D eigenvalue weighted by molar-refractivity contribution is 0.101. The summed E-state index contributed by atoms with van der Waals surface area (Å²) in [6.45, 7) is 0. The third-order valence-corrected chi connectivity index (χ3v) is 4.85. The van der Waals surface area contributed by atoms with E-state index < -0.39 is 0 Å². The summed E-state index contributed by atoms with van der Waals surface area (Å²) in [6.07, 6.45) is 0. The largest absolute Gasteiger partial charge is 0.322 e. The molecule has 0 bridgehead atoms. The van der Waals surface area contributed by atoms with Gasteiger partial charge in [-0.15, -0.1) is 0 Å². The Labute approximate surface area is 184 Å². The molecule has 2 amide bonds. The minimum atomic E-state index is -0.323. The minimum absolute atomic E-state index is 0.179. The van der Waals surface area contributed by atoms with Gasteiger partial charge in [-0.3, -0.25) is 14.3 Å². The highest BCUT2D eigenvalue weighted by Gasteiger charge is 2.13. The molecule has 0 saturated heterocycles. The zero-order valence-corrected chi connectivity index (χ0v) is 17.2. The van der Waals surface area contributed by atoms with E-state index in [2.05, 4.69) is 15.7 Å². The number of hydrogen-bond acceptors (Lipinski definition) is 4. The maximum absolute atomic E-state index is 12.5. The number of anilines is 2. The number of aryl methyl sites for hydroxylation is 1. The number of carbonyl (C=O) groups is 2. The van der Waals surface area contributed by atoms with Crippen LogP contribution < -0.4 is 10.6 Å². The fraction of sp³-hybridized carbons (Fsp3) is 0.0400. The van der Waals surface area contributed by atoms with Crippen LogP contribution in [0.3, 0.4) is 0 Å². The standard InChI is InChI=1S/C25H19N5O2/c1-30-23(28-25(32)20-9-5-6-17(14-20)16-26)15-22(29-30)18-10-12-21(13-11-18)27-24(31)19-7-3-2-4-8-19/h2-15H,1H3,(H,27,31)(H,28,32). The van der Waals surface area contributed by atoms with Crippen molar-refractivity contribution < 1.29 is 9.59 Å². The number of amides is 2. The quantitative estimate of drug-likeness (QED) is 0.497. The Hall–Kier alpha value is -4.70. The van der Waals surface area contributed by atoms with Gasteiger partial charge in [0.2, 0.25) is 0 Å². The smallest absolute Gasteiger partial charge is 0.256 e. The molecule has 4 rings (SSSR count). The maximum Gasteiger partial charge on any atom is 0.256 e. The number of benzene rings is 3. The average Bonchev–Trinajstić information content (AvgIpc) is 3.20. The summed E-state index contributed by atoms with van der Waals surface area (Å²) < 4.78 is 1.58. The third-order valence-electron chi connectivity index (χ3n) is 4.85. The zero-order chi connectivity index (χ0) is 22.5. The normalized spacial score (nSPS) is 10.2. The van der Waals surface area contributed by atoms with Gasteiger partial charge in [-0.05, 0) is 42.5 Å². The highest BCUT2D eigenvalue weighted by molar-refractivity contribution is 6.05. The van der Waals surface area contributed by atoms with Crippen LogP contribution in [0, 0.1) is 11.3 Å². The highest BCUT2D eigenvalue weighted by atomic mass is 16.2. The van der Waals surface area contributed by atoms with Crippen molar-refractivity contribution in [1.82, 2.24) is 9.78 Å². The first-order valence-corrected chi connectivity index (χ1v) is 9.86. The molecule has 2 N–H and O–H groups in total. The molecule has 7 nitrogen and oxygen atoms in total. The van der Waals surface area contributed by atoms with Gasteiger partial charge in [-0.1, -0.05) is 36.4 Å². The Morgan fingerprint density at radius 3 is 2.25 bits per heavy atom. The lowest BCUT2D eigenvalue weighted by Crippen LogP contribution is -2.14. The summed E-state index contributed by atoms with van der Waals surface area (Å²) in [5.41, 5.74) is 3.58. The summed E-state index contributed by atoms with van der Waals surface area (Å²) in [5, 5.41) is 19.2. The van der Waals surface area contributed by atoms with Crippen LogP contribution in [0.4, 0.5) is 11.5 Å². The number of rotatable bonds is 5. The van der Waals surface area contributed by atoms with Gasteiger partial charge in [-0.2, -0.15) is 10.4 Å². The molecule has 0 saturated carbocycles. The molecule has 0 atom stereocenters. The van der Waals surface area contributed by atoms with Crippen molar-refractivity contribution in [2.24, 2.45) is 7.05 Å². The van der Waals surface area contributed by atoms with Crippen molar-refractivity contribution in [3.05, 3.63) is 102 Å². The molecule has 0 aliphatic heterocycles. The van der Waals surface area contributed by atoms with Crippen LogP contribution >= 0.6 is 0 Å². The van der Waals surface area contributed by atoms with Crippen molar-refractivity contribution in [1.29, 1.82) is 5.26 Å². The van der Waals surface area contributed by atoms with E-state index in [-0.39, 0.29) is 11.8 Å². The van der Waals surface area contributed by atoms with E-state index in [4.69, 9.17) is 5.26 Å². The Balaban J connectivity index is 1.47. The summed E-state index contributed by atoms with van der Waals surface area (Å²) in [7, 11) is 1.74. The number of aromatic nitrogens is 2. The van der Waals surface area contributed by atoms with E-state index in [0.717, 1.165) is 5.56 Å². The first kappa shape index (κ1) is 20.6. The molecule has 0 aliphatic carbocycles. The molecule has 7 heteroatoms. The summed E-state index contributed by atoms with van der Waals surface area (Å²) in [6, 6.07) is 26.6. The minimum Gasteiger partial charge on any atom is -0.322 e. The molecule has 0 spiro atoms. The Bertz CT molecular complexity index is 1320. The van der Waals surface area contributed by atoms with Gasteiger partial charge in [0.1, 0.15) is 5.82 Å². The van der Waals surface area contributed by atoms with E-state index >= 15 is 0 Å². The second-order valence-electron chi connectivity index (χ2n) is 7.08. The number of hydrogen-bond donors (Lipinski definition) is 2. The van der Waals surface area contributed by atoms with E-state index in [1.165, 1.54) is 6.07 Å². The highest BCUT2D eigenvalue weighted by Crippen LogP contribution is 2.24. The molecule has 1 aromatic heterocycles. The lowest BCUT2D eigenvalue weighted by Gasteiger charge is -2.06. The molecule has 32 heavy (non-hydrogen) atoms. The van der Waals surface area contributed by atoms with E-state index in [0.29, 0.717) is 33.9 Å². The second kappa shape index (κ2) is 8.98. The summed E-state index contributed by atoms with van der Waals surface area (Å²) in [5.74, 6) is 0.0195. The van der Waals surface area contributed by atoms with Gasteiger partial charge in [0.05, 0.1) is 17.3 Å². The van der Waals surface area contributed by atoms with Crippen molar-refractivity contribution >= 4 is 23.3 Å². The second-order valence-corrected chi connectivity index (χ2v) is 7.08. The fourth-order valence-electron chi connectivity index (χ4n) is 3.16. The molecule has 4 aromatic rings. The number of nitriles is 1. The number of carbonyl (C=O) groups excluding carboxylic acids is 2. The van der Waals surface area contributed by atoms with Gasteiger partial charge in [0.25, 0.3) is 11.8 Å². The van der Waals surface area contributed by atoms with Gasteiger partial charge in [0, 0.05) is 35.5 Å². The third kappa shape index (κ3) is 4.55. The van der Waals surface area contributed by atoms with E-state index in [1.54, 1.807) is 60.3 Å². The first-order chi connectivity index (χ1) is 15.5. The van der Waals surface area contributed by atoms with Crippen molar-refractivity contribution in [3.8, 4) is 17.3 Å². The van der Waals surface area contributed by atoms with Crippen molar-refractivity contribution in [2.45, 2.75) is 0 Å². The molecule has 0 unspecified atom stereocenters. The van der Waals surface area contributed by atoms with Crippen LogP contribution in [0.15, 0.2) is 84.9 Å². The molecule has 0 radical (unpaired) electrons. The van der Waals surface area contributed by atoms with Crippen LogP contribution in [0.25, 0.3) is 11.3 Å². The van der Waals surface area contributed by atoms with Crippen LogP contribution in [-0.4, -0.2) is 21.6 Å². The van der Waals surface area contributed by atoms with E-state index in [1.807, 2.05) is 36.4 Å². The van der Waals surface area contributed by atoms with Gasteiger partial charge >= 0.3 is 0 Å². The molecule has 156 valence electrons. The maximum atomic E-state index is 12.5. The lowest BCUT2D eigenvalue weighted by atomic mass is 10.1. The predicted octanol–water partition coefficient (Wildman–Crippen LogP) is 4.46. The molecule has 0 fully saturated rings. The fourth-order valence-corrected chi connectivity index (χ4v) is 3.16. The van der Waals surface area contributed by atoms with Crippen molar-refractivity contribution in [2.75, 3.05) is 10.6 Å². The van der Waals surface area contributed by atoms with Crippen LogP contribution in [0.5, 0.6) is 0 Å². The SMILES string of the molecule is Cn1nc(-c2ccc(NC(=O)c3ccccc3)cc2)cc1NC(=O)c1cccc(C#N)c1. The van der Waals surface area contributed by atoms with Crippen LogP contribution in [0.1, 0.15) is 26.3 Å². The van der Waals surface area contributed by atoms with E-state index in [9.17, 15) is 9.59 Å². The Kier molecular flexibility index (Phi) is 5.77. The van der Waals surface area contributed by atoms with Crippen LogP contribution in [0.2, 0.25) is 0 Å². The topological polar surface area (TPSA) is 99.8 Å². The molecular formula is C25H19N5O2. The summed E-state index contributed by atoms with van der Waals surface area (Å²) >= 11 is 0. The zero-order valence-electron chi connectivity index (χ0n) is 17.2. The number of nitrogens with zero attached hydrogens (tertiary/aromatic N) is 3. The monoisotopic (exact) mass is 421 g/mol. The molecule has 0 aliphatic rings. The van der Waals surface area contributed by atoms with Gasteiger partial charge in [0.15, 0.2) is 0 Å². The average molecular weight is 421 g/mol. The van der Waals surface area contributed by atoms with Crippen LogP contribution in [-0.2, 0) is 7.05 Å². The van der Waals surface area contributed by atoms with Crippen molar-refractivity contribution in [3.63, 3.8) is 0 Å². The Morgan fingerprint density at radius 2 is 1.53 bits per heavy atom. The molecule has 1 heterocycles. The number of nitrogens with one attached hydrogen (secondary N) is 2. The Morgan fingerprint density at radius 1 is 0.844 bits per heavy atom. The first-order valence-electron chi connectivity index (χ1n) is 9.86. The summed E-state index contributed by atoms with van der Waals surface area (Å²) in [4.78, 5) is 24.8. The van der Waals surface area contributed by atoms with Gasteiger partial charge < -0.3 is 10.6 Å². The molecule has 3 aromatic carbocycles.